The van der Waals surface area contributed by atoms with Crippen LogP contribution in [0.1, 0.15) is 39.3 Å². The Labute approximate surface area is 114 Å². The Balaban J connectivity index is 3.17. The second kappa shape index (κ2) is 6.86. The maximum Gasteiger partial charge on any atom is 0.162 e. The van der Waals surface area contributed by atoms with E-state index in [9.17, 15) is 0 Å². The van der Waals surface area contributed by atoms with E-state index >= 15 is 0 Å². The van der Waals surface area contributed by atoms with Gasteiger partial charge < -0.3 is 15.2 Å². The Kier molecular flexibility index (Phi) is 5.76. The highest BCUT2D eigenvalue weighted by Crippen LogP contribution is 2.37. The molecule has 4 heteroatoms. The van der Waals surface area contributed by atoms with Crippen LogP contribution in [-0.4, -0.2) is 13.2 Å². The lowest BCUT2D eigenvalue weighted by atomic mass is 9.96. The van der Waals surface area contributed by atoms with Crippen LogP contribution < -0.4 is 15.2 Å². The van der Waals surface area contributed by atoms with Gasteiger partial charge >= 0.3 is 0 Å². The molecule has 0 saturated heterocycles. The van der Waals surface area contributed by atoms with Crippen molar-refractivity contribution in [1.29, 1.82) is 0 Å². The summed E-state index contributed by atoms with van der Waals surface area (Å²) in [6.45, 7) is 9.16. The highest BCUT2D eigenvalue weighted by Gasteiger charge is 2.18. The molecule has 1 aromatic rings. The zero-order valence-electron chi connectivity index (χ0n) is 11.5. The van der Waals surface area contributed by atoms with Crippen molar-refractivity contribution in [3.05, 3.63) is 22.7 Å². The molecule has 18 heavy (non-hydrogen) atoms. The van der Waals surface area contributed by atoms with Gasteiger partial charge in [0.2, 0.25) is 0 Å². The summed E-state index contributed by atoms with van der Waals surface area (Å²) in [7, 11) is 0. The smallest absolute Gasteiger partial charge is 0.162 e. The van der Waals surface area contributed by atoms with Crippen molar-refractivity contribution in [3.63, 3.8) is 0 Å². The van der Waals surface area contributed by atoms with Crippen LogP contribution in [0.5, 0.6) is 11.5 Å². The molecule has 1 atom stereocenters. The summed E-state index contributed by atoms with van der Waals surface area (Å²) >= 11 is 6.26. The lowest BCUT2D eigenvalue weighted by Crippen LogP contribution is -2.17. The van der Waals surface area contributed by atoms with E-state index in [4.69, 9.17) is 26.8 Å². The van der Waals surface area contributed by atoms with Gasteiger partial charge in [0, 0.05) is 17.1 Å². The van der Waals surface area contributed by atoms with E-state index in [1.807, 2.05) is 19.9 Å². The minimum atomic E-state index is -0.104. The maximum absolute atomic E-state index is 6.26. The molecule has 0 saturated carbocycles. The lowest BCUT2D eigenvalue weighted by molar-refractivity contribution is 0.287. The van der Waals surface area contributed by atoms with Gasteiger partial charge in [0.15, 0.2) is 11.5 Å². The number of benzene rings is 1. The summed E-state index contributed by atoms with van der Waals surface area (Å²) in [6, 6.07) is 3.57. The molecule has 0 heterocycles. The fourth-order valence-electron chi connectivity index (χ4n) is 1.70. The van der Waals surface area contributed by atoms with Crippen molar-refractivity contribution in [2.75, 3.05) is 13.2 Å². The van der Waals surface area contributed by atoms with Gasteiger partial charge in [0.1, 0.15) is 0 Å². The van der Waals surface area contributed by atoms with E-state index in [1.165, 1.54) is 0 Å². The highest BCUT2D eigenvalue weighted by molar-refractivity contribution is 6.31. The van der Waals surface area contributed by atoms with Crippen LogP contribution in [0.3, 0.4) is 0 Å². The quantitative estimate of drug-likeness (QED) is 0.856. The minimum absolute atomic E-state index is 0.104. The molecule has 1 unspecified atom stereocenters. The van der Waals surface area contributed by atoms with Crippen molar-refractivity contribution < 1.29 is 9.47 Å². The Bertz CT molecular complexity index is 394. The number of hydrogen-bond donors (Lipinski definition) is 1. The Hall–Kier alpha value is -0.930. The summed E-state index contributed by atoms with van der Waals surface area (Å²) in [5.41, 5.74) is 7.05. The highest BCUT2D eigenvalue weighted by atomic mass is 35.5. The number of ether oxygens (including phenoxy) is 2. The van der Waals surface area contributed by atoms with Gasteiger partial charge in [-0.05, 0) is 31.4 Å². The minimum Gasteiger partial charge on any atom is -0.490 e. The van der Waals surface area contributed by atoms with Crippen LogP contribution in [0, 0.1) is 5.92 Å². The summed E-state index contributed by atoms with van der Waals surface area (Å²) in [4.78, 5) is 0. The number of hydrogen-bond acceptors (Lipinski definition) is 3. The molecule has 2 N–H and O–H groups in total. The molecule has 102 valence electrons. The average molecular weight is 272 g/mol. The molecule has 1 aromatic carbocycles. The first-order valence-corrected chi connectivity index (χ1v) is 6.73. The van der Waals surface area contributed by atoms with Crippen LogP contribution in [0.4, 0.5) is 0 Å². The normalized spacial score (nSPS) is 12.6. The van der Waals surface area contributed by atoms with Crippen molar-refractivity contribution >= 4 is 11.6 Å². The zero-order valence-corrected chi connectivity index (χ0v) is 12.3. The van der Waals surface area contributed by atoms with Gasteiger partial charge in [-0.1, -0.05) is 25.4 Å². The van der Waals surface area contributed by atoms with Crippen molar-refractivity contribution in [3.8, 4) is 11.5 Å². The third-order valence-corrected chi connectivity index (χ3v) is 3.07. The first-order valence-electron chi connectivity index (χ1n) is 6.35. The van der Waals surface area contributed by atoms with Gasteiger partial charge in [-0.3, -0.25) is 0 Å². The largest absolute Gasteiger partial charge is 0.490 e. The van der Waals surface area contributed by atoms with Crippen molar-refractivity contribution in [2.24, 2.45) is 11.7 Å². The second-order valence-corrected chi connectivity index (χ2v) is 4.86. The van der Waals surface area contributed by atoms with Crippen molar-refractivity contribution in [2.45, 2.75) is 33.7 Å². The molecule has 0 aliphatic carbocycles. The molecule has 0 radical (unpaired) electrons. The predicted molar refractivity (Wildman–Crippen MR) is 75.6 cm³/mol. The summed E-state index contributed by atoms with van der Waals surface area (Å²) in [6.07, 6.45) is 0. The van der Waals surface area contributed by atoms with Crippen LogP contribution in [0.15, 0.2) is 12.1 Å². The first-order chi connectivity index (χ1) is 8.51. The second-order valence-electron chi connectivity index (χ2n) is 4.46. The molecule has 0 spiro atoms. The Morgan fingerprint density at radius 3 is 2.06 bits per heavy atom. The standard InChI is InChI=1S/C14H22ClNO2/c1-5-17-12-7-10(14(16)9(3)4)11(15)8-13(12)18-6-2/h7-9,14H,5-6,16H2,1-4H3. The van der Waals surface area contributed by atoms with E-state index in [-0.39, 0.29) is 6.04 Å². The van der Waals surface area contributed by atoms with Crippen LogP contribution in [0.25, 0.3) is 0 Å². The molecule has 0 aromatic heterocycles. The molecule has 0 fully saturated rings. The lowest BCUT2D eigenvalue weighted by Gasteiger charge is -2.20. The third kappa shape index (κ3) is 3.53. The fourth-order valence-corrected chi connectivity index (χ4v) is 1.98. The number of rotatable bonds is 6. The topological polar surface area (TPSA) is 44.5 Å². The van der Waals surface area contributed by atoms with Crippen molar-refractivity contribution in [1.82, 2.24) is 0 Å². The monoisotopic (exact) mass is 271 g/mol. The zero-order chi connectivity index (χ0) is 13.7. The van der Waals surface area contributed by atoms with E-state index in [2.05, 4.69) is 13.8 Å². The molecule has 1 rings (SSSR count). The molecular formula is C14H22ClNO2. The predicted octanol–water partition coefficient (Wildman–Crippen LogP) is 3.79. The van der Waals surface area contributed by atoms with Crippen LogP contribution in [0.2, 0.25) is 5.02 Å². The maximum atomic E-state index is 6.26. The van der Waals surface area contributed by atoms with E-state index < -0.39 is 0 Å². The van der Waals surface area contributed by atoms with Crippen LogP contribution in [-0.2, 0) is 0 Å². The van der Waals surface area contributed by atoms with Crippen LogP contribution >= 0.6 is 11.6 Å². The van der Waals surface area contributed by atoms with Gasteiger partial charge in [0.05, 0.1) is 13.2 Å². The summed E-state index contributed by atoms with van der Waals surface area (Å²) in [5, 5.41) is 0.628. The molecule has 3 nitrogen and oxygen atoms in total. The fraction of sp³-hybridized carbons (Fsp3) is 0.571. The van der Waals surface area contributed by atoms with E-state index in [0.29, 0.717) is 35.7 Å². The molecule has 0 bridgehead atoms. The molecule has 0 aliphatic heterocycles. The summed E-state index contributed by atoms with van der Waals surface area (Å²) < 4.78 is 11.1. The SMILES string of the molecule is CCOc1cc(Cl)c(C(N)C(C)C)cc1OCC. The first kappa shape index (κ1) is 15.1. The van der Waals surface area contributed by atoms with E-state index in [0.717, 1.165) is 5.56 Å². The van der Waals surface area contributed by atoms with E-state index in [1.54, 1.807) is 6.07 Å². The molecular weight excluding hydrogens is 250 g/mol. The van der Waals surface area contributed by atoms with Gasteiger partial charge in [-0.15, -0.1) is 0 Å². The third-order valence-electron chi connectivity index (χ3n) is 2.74. The summed E-state index contributed by atoms with van der Waals surface area (Å²) in [5.74, 6) is 1.69. The average Bonchev–Trinajstić information content (AvgIpc) is 2.32. The number of halogens is 1. The number of nitrogens with two attached hydrogens (primary N) is 1. The van der Waals surface area contributed by atoms with Gasteiger partial charge in [0.25, 0.3) is 0 Å². The van der Waals surface area contributed by atoms with Gasteiger partial charge in [-0.2, -0.15) is 0 Å². The Morgan fingerprint density at radius 1 is 1.11 bits per heavy atom. The molecule has 0 amide bonds. The Morgan fingerprint density at radius 2 is 1.61 bits per heavy atom. The van der Waals surface area contributed by atoms with Gasteiger partial charge in [-0.25, -0.2) is 0 Å². The molecule has 0 aliphatic rings.